The van der Waals surface area contributed by atoms with E-state index in [1.807, 2.05) is 0 Å². The first kappa shape index (κ1) is 16.6. The first-order chi connectivity index (χ1) is 11.6. The van der Waals surface area contributed by atoms with E-state index >= 15 is 0 Å². The minimum atomic E-state index is -0.360. The minimum Gasteiger partial charge on any atom is -0.461 e. The number of carbonyl (C=O) groups is 1. The quantitative estimate of drug-likeness (QED) is 0.607. The van der Waals surface area contributed by atoms with Gasteiger partial charge in [-0.3, -0.25) is 4.79 Å². The number of hydrogen-bond donors (Lipinski definition) is 0. The number of thiazole rings is 1. The van der Waals surface area contributed by atoms with Crippen LogP contribution in [0.4, 0.5) is 4.39 Å². The molecular formula is C18H13ClFNO2S. The van der Waals surface area contributed by atoms with Crippen molar-refractivity contribution >= 4 is 28.9 Å². The highest BCUT2D eigenvalue weighted by Crippen LogP contribution is 2.24. The molecule has 0 spiro atoms. The molecule has 0 aliphatic rings. The lowest BCUT2D eigenvalue weighted by atomic mass is 10.2. The summed E-state index contributed by atoms with van der Waals surface area (Å²) in [4.78, 5) is 16.3. The third kappa shape index (κ3) is 4.40. The van der Waals surface area contributed by atoms with Gasteiger partial charge in [-0.25, -0.2) is 9.37 Å². The van der Waals surface area contributed by atoms with E-state index in [1.54, 1.807) is 41.8 Å². The molecule has 6 heteroatoms. The normalized spacial score (nSPS) is 10.6. The lowest BCUT2D eigenvalue weighted by Gasteiger charge is -2.04. The van der Waals surface area contributed by atoms with Crippen molar-refractivity contribution in [2.75, 3.05) is 0 Å². The zero-order valence-corrected chi connectivity index (χ0v) is 14.1. The van der Waals surface area contributed by atoms with E-state index in [1.165, 1.54) is 23.5 Å². The van der Waals surface area contributed by atoms with Crippen molar-refractivity contribution < 1.29 is 13.9 Å². The summed E-state index contributed by atoms with van der Waals surface area (Å²) in [5, 5.41) is 3.09. The molecule has 24 heavy (non-hydrogen) atoms. The highest BCUT2D eigenvalue weighted by Gasteiger charge is 2.11. The zero-order chi connectivity index (χ0) is 16.9. The monoisotopic (exact) mass is 361 g/mol. The molecule has 122 valence electrons. The Bertz CT molecular complexity index is 848. The summed E-state index contributed by atoms with van der Waals surface area (Å²) in [5.74, 6) is -0.673. The van der Waals surface area contributed by atoms with Crippen molar-refractivity contribution in [3.05, 3.63) is 76.0 Å². The van der Waals surface area contributed by atoms with Crippen LogP contribution in [-0.2, 0) is 22.6 Å². The van der Waals surface area contributed by atoms with Crippen LogP contribution < -0.4 is 0 Å². The van der Waals surface area contributed by atoms with Gasteiger partial charge in [0.2, 0.25) is 0 Å². The van der Waals surface area contributed by atoms with Crippen LogP contribution in [0.15, 0.2) is 53.9 Å². The Kier molecular flexibility index (Phi) is 5.23. The SMILES string of the molecule is O=C(Cc1csc(-c2cccc(F)c2)n1)OCc1ccc(Cl)cc1. The van der Waals surface area contributed by atoms with E-state index in [0.29, 0.717) is 21.3 Å². The minimum absolute atomic E-state index is 0.0827. The average Bonchev–Trinajstić information content (AvgIpc) is 3.03. The van der Waals surface area contributed by atoms with Crippen molar-refractivity contribution in [2.45, 2.75) is 13.0 Å². The largest absolute Gasteiger partial charge is 0.461 e. The molecule has 0 aliphatic heterocycles. The molecule has 0 N–H and O–H groups in total. The molecule has 1 aromatic heterocycles. The van der Waals surface area contributed by atoms with Gasteiger partial charge in [0.05, 0.1) is 12.1 Å². The van der Waals surface area contributed by atoms with Crippen molar-refractivity contribution in [2.24, 2.45) is 0 Å². The third-order valence-corrected chi connectivity index (χ3v) is 4.45. The molecule has 3 aromatic rings. The Morgan fingerprint density at radius 3 is 2.75 bits per heavy atom. The molecule has 0 bridgehead atoms. The molecule has 0 aliphatic carbocycles. The lowest BCUT2D eigenvalue weighted by Crippen LogP contribution is -2.08. The second-order valence-electron chi connectivity index (χ2n) is 5.12. The van der Waals surface area contributed by atoms with Gasteiger partial charge >= 0.3 is 5.97 Å². The van der Waals surface area contributed by atoms with E-state index in [2.05, 4.69) is 4.98 Å². The zero-order valence-electron chi connectivity index (χ0n) is 12.5. The molecule has 0 fully saturated rings. The maximum Gasteiger partial charge on any atom is 0.312 e. The van der Waals surface area contributed by atoms with Gasteiger partial charge in [-0.2, -0.15) is 0 Å². The summed E-state index contributed by atoms with van der Waals surface area (Å²) in [6.45, 7) is 0.191. The topological polar surface area (TPSA) is 39.2 Å². The predicted molar refractivity (Wildman–Crippen MR) is 92.5 cm³/mol. The summed E-state index contributed by atoms with van der Waals surface area (Å²) in [6, 6.07) is 13.3. The molecule has 0 radical (unpaired) electrons. The van der Waals surface area contributed by atoms with Gasteiger partial charge in [0.1, 0.15) is 17.4 Å². The molecule has 1 heterocycles. The smallest absolute Gasteiger partial charge is 0.312 e. The molecule has 3 nitrogen and oxygen atoms in total. The average molecular weight is 362 g/mol. The van der Waals surface area contributed by atoms with Gasteiger partial charge < -0.3 is 4.74 Å². The Balaban J connectivity index is 1.58. The predicted octanol–water partition coefficient (Wildman–Crippen LogP) is 4.89. The molecular weight excluding hydrogens is 349 g/mol. The standard InChI is InChI=1S/C18H13ClFNO2S/c19-14-6-4-12(5-7-14)10-23-17(22)9-16-11-24-18(21-16)13-2-1-3-15(20)8-13/h1-8,11H,9-10H2. The first-order valence-electron chi connectivity index (χ1n) is 7.20. The molecule has 2 aromatic carbocycles. The number of rotatable bonds is 5. The Morgan fingerprint density at radius 2 is 2.00 bits per heavy atom. The Hall–Kier alpha value is -2.24. The second kappa shape index (κ2) is 7.55. The van der Waals surface area contributed by atoms with E-state index in [-0.39, 0.29) is 24.8 Å². The van der Waals surface area contributed by atoms with Crippen molar-refractivity contribution in [3.63, 3.8) is 0 Å². The molecule has 0 amide bonds. The summed E-state index contributed by atoms with van der Waals surface area (Å²) in [7, 11) is 0. The number of halogens is 2. The maximum atomic E-state index is 13.3. The summed E-state index contributed by atoms with van der Waals surface area (Å²) in [6.07, 6.45) is 0.0827. The van der Waals surface area contributed by atoms with Gasteiger partial charge in [-0.1, -0.05) is 35.9 Å². The lowest BCUT2D eigenvalue weighted by molar-refractivity contribution is -0.144. The Labute approximate surface area is 147 Å². The van der Waals surface area contributed by atoms with Crippen LogP contribution in [0, 0.1) is 5.82 Å². The highest BCUT2D eigenvalue weighted by molar-refractivity contribution is 7.13. The number of esters is 1. The first-order valence-corrected chi connectivity index (χ1v) is 8.46. The molecule has 0 saturated heterocycles. The van der Waals surface area contributed by atoms with Crippen molar-refractivity contribution in [1.29, 1.82) is 0 Å². The number of benzene rings is 2. The number of nitrogens with zero attached hydrogens (tertiary/aromatic N) is 1. The van der Waals surface area contributed by atoms with Crippen LogP contribution in [0.5, 0.6) is 0 Å². The fraction of sp³-hybridized carbons (Fsp3) is 0.111. The molecule has 0 unspecified atom stereocenters. The van der Waals surface area contributed by atoms with Crippen LogP contribution >= 0.6 is 22.9 Å². The highest BCUT2D eigenvalue weighted by atomic mass is 35.5. The second-order valence-corrected chi connectivity index (χ2v) is 6.41. The number of aromatic nitrogens is 1. The van der Waals surface area contributed by atoms with Gasteiger partial charge in [-0.15, -0.1) is 11.3 Å². The van der Waals surface area contributed by atoms with E-state index < -0.39 is 0 Å². The molecule has 3 rings (SSSR count). The van der Waals surface area contributed by atoms with Crippen molar-refractivity contribution in [1.82, 2.24) is 4.98 Å². The van der Waals surface area contributed by atoms with Gasteiger partial charge in [0.15, 0.2) is 0 Å². The summed E-state index contributed by atoms with van der Waals surface area (Å²) >= 11 is 7.18. The van der Waals surface area contributed by atoms with E-state index in [4.69, 9.17) is 16.3 Å². The van der Waals surface area contributed by atoms with Crippen LogP contribution in [0.25, 0.3) is 10.6 Å². The van der Waals surface area contributed by atoms with E-state index in [0.717, 1.165) is 5.56 Å². The number of hydrogen-bond acceptors (Lipinski definition) is 4. The Morgan fingerprint density at radius 1 is 1.21 bits per heavy atom. The van der Waals surface area contributed by atoms with Crippen LogP contribution in [0.1, 0.15) is 11.3 Å². The van der Waals surface area contributed by atoms with Crippen LogP contribution in [0.3, 0.4) is 0 Å². The van der Waals surface area contributed by atoms with Gasteiger partial charge in [0, 0.05) is 16.0 Å². The van der Waals surface area contributed by atoms with Crippen LogP contribution in [-0.4, -0.2) is 11.0 Å². The van der Waals surface area contributed by atoms with Crippen LogP contribution in [0.2, 0.25) is 5.02 Å². The van der Waals surface area contributed by atoms with Gasteiger partial charge in [-0.05, 0) is 29.8 Å². The molecule has 0 saturated carbocycles. The maximum absolute atomic E-state index is 13.3. The number of carbonyl (C=O) groups excluding carboxylic acids is 1. The third-order valence-electron chi connectivity index (χ3n) is 3.26. The fourth-order valence-electron chi connectivity index (χ4n) is 2.09. The van der Waals surface area contributed by atoms with E-state index in [9.17, 15) is 9.18 Å². The number of ether oxygens (including phenoxy) is 1. The summed E-state index contributed by atoms with van der Waals surface area (Å²) < 4.78 is 18.5. The molecule has 0 atom stereocenters. The van der Waals surface area contributed by atoms with Crippen molar-refractivity contribution in [3.8, 4) is 10.6 Å². The summed E-state index contributed by atoms with van der Waals surface area (Å²) in [5.41, 5.74) is 2.17. The fourth-order valence-corrected chi connectivity index (χ4v) is 3.03. The van der Waals surface area contributed by atoms with Gasteiger partial charge in [0.25, 0.3) is 0 Å².